The lowest BCUT2D eigenvalue weighted by molar-refractivity contribution is -0.870. The monoisotopic (exact) mass is 737 g/mol. The summed E-state index contributed by atoms with van der Waals surface area (Å²) in [6.45, 7) is -1.36. The van der Waals surface area contributed by atoms with Gasteiger partial charge in [0.25, 0.3) is 7.82 Å². The van der Waals surface area contributed by atoms with Crippen LogP contribution in [0.4, 0.5) is 0 Å². The van der Waals surface area contributed by atoms with Gasteiger partial charge in [-0.1, -0.05) is 134 Å². The Bertz CT molecular complexity index is 1180. The minimum absolute atomic E-state index is 0.0797. The number of hydrogen-bond acceptors (Lipinski definition) is 8. The topological polar surface area (TPSA) is 111 Å². The summed E-state index contributed by atoms with van der Waals surface area (Å²) < 4.78 is 86.7. The normalized spacial score (nSPS) is 16.9. The van der Waals surface area contributed by atoms with Crippen molar-refractivity contribution in [1.29, 1.82) is 0 Å². The van der Waals surface area contributed by atoms with Crippen molar-refractivity contribution >= 4 is 19.8 Å². The fourth-order valence-electron chi connectivity index (χ4n) is 4.94. The van der Waals surface area contributed by atoms with E-state index in [1.54, 1.807) is 0 Å². The van der Waals surface area contributed by atoms with Gasteiger partial charge in [-0.05, 0) is 44.9 Å². The van der Waals surface area contributed by atoms with Crippen LogP contribution in [0.3, 0.4) is 0 Å². The molecule has 0 spiro atoms. The minimum atomic E-state index is -4.69. The second kappa shape index (κ2) is 33.3. The molecule has 0 aromatic rings. The summed E-state index contributed by atoms with van der Waals surface area (Å²) in [6.07, 6.45) is 20.0. The van der Waals surface area contributed by atoms with Gasteiger partial charge in [-0.2, -0.15) is 0 Å². The molecule has 0 amide bonds. The van der Waals surface area contributed by atoms with Gasteiger partial charge in [-0.25, -0.2) is 0 Å². The first-order chi connectivity index (χ1) is 26.6. The number of allylic oxidation sites excluding steroid dienone is 4. The Morgan fingerprint density at radius 3 is 1.86 bits per heavy atom. The van der Waals surface area contributed by atoms with Crippen LogP contribution in [0, 0.1) is 0 Å². The molecule has 0 saturated heterocycles. The van der Waals surface area contributed by atoms with Crippen molar-refractivity contribution in [3.8, 4) is 0 Å². The molecule has 0 aromatic carbocycles. The van der Waals surface area contributed by atoms with Crippen LogP contribution in [0.15, 0.2) is 24.3 Å². The quantitative estimate of drug-likeness (QED) is 0.0205. The molecular formula is C40H76NO8P. The average Bonchev–Trinajstić information content (AvgIpc) is 3.10. The Hall–Kier alpha value is -1.51. The lowest BCUT2D eigenvalue weighted by Crippen LogP contribution is -2.37. The van der Waals surface area contributed by atoms with Gasteiger partial charge in [0.1, 0.15) is 19.8 Å². The van der Waals surface area contributed by atoms with Crippen LogP contribution in [-0.4, -0.2) is 70.0 Å². The predicted molar refractivity (Wildman–Crippen MR) is 204 cm³/mol. The maximum absolute atomic E-state index is 12.6. The second-order valence-electron chi connectivity index (χ2n) is 14.0. The van der Waals surface area contributed by atoms with E-state index in [1.165, 1.54) is 19.3 Å². The first-order valence-electron chi connectivity index (χ1n) is 22.7. The standard InChI is InChI=1S/C40H76NO8P/c1-6-8-10-12-14-16-18-19-20-21-23-25-27-29-31-33-40(43)49-38(37-48-50(44,45)47-35-34-41(3,4)5)36-46-39(42)32-30-28-26-24-22-17-15-13-11-9-7-2/h14,16,19-20,38H,6-13,15,17-18,21-37H2,1-5H3/b16-14-,20-19-/t38-/m1/s1/i2D3,7D2,9D2. The highest BCUT2D eigenvalue weighted by atomic mass is 31.2. The molecule has 294 valence electrons. The summed E-state index contributed by atoms with van der Waals surface area (Å²) in [5, 5.41) is 0. The van der Waals surface area contributed by atoms with Crippen LogP contribution < -0.4 is 4.89 Å². The van der Waals surface area contributed by atoms with Crippen molar-refractivity contribution < 1.29 is 51.6 Å². The zero-order chi connectivity index (χ0) is 43.3. The number of phosphoric acid groups is 1. The molecular weight excluding hydrogens is 653 g/mol. The maximum Gasteiger partial charge on any atom is 0.306 e. The molecule has 0 heterocycles. The highest BCUT2D eigenvalue weighted by Gasteiger charge is 2.21. The molecule has 0 aliphatic rings. The van der Waals surface area contributed by atoms with Gasteiger partial charge in [0.2, 0.25) is 0 Å². The van der Waals surface area contributed by atoms with E-state index in [4.69, 9.17) is 28.1 Å². The van der Waals surface area contributed by atoms with E-state index in [0.29, 0.717) is 36.7 Å². The molecule has 0 bridgehead atoms. The number of likely N-dealkylation sites (N-methyl/N-ethyl adjacent to an activating group) is 1. The Balaban J connectivity index is 4.53. The number of carbonyl (C=O) groups excluding carboxylic acids is 2. The Kier molecular flexibility index (Phi) is 24.6. The van der Waals surface area contributed by atoms with Crippen LogP contribution in [0.2, 0.25) is 0 Å². The van der Waals surface area contributed by atoms with Gasteiger partial charge in [0.05, 0.1) is 27.7 Å². The third-order valence-corrected chi connectivity index (χ3v) is 8.98. The second-order valence-corrected chi connectivity index (χ2v) is 15.4. The van der Waals surface area contributed by atoms with Crippen LogP contribution in [0.5, 0.6) is 0 Å². The number of carbonyl (C=O) groups is 2. The molecule has 1 unspecified atom stereocenters. The zero-order valence-corrected chi connectivity index (χ0v) is 32.8. The van der Waals surface area contributed by atoms with E-state index in [-0.39, 0.29) is 32.5 Å². The van der Waals surface area contributed by atoms with Crippen molar-refractivity contribution in [2.75, 3.05) is 47.5 Å². The summed E-state index contributed by atoms with van der Waals surface area (Å²) in [7, 11) is 0.994. The lowest BCUT2D eigenvalue weighted by atomic mass is 10.1. The van der Waals surface area contributed by atoms with E-state index in [2.05, 4.69) is 31.2 Å². The van der Waals surface area contributed by atoms with Gasteiger partial charge in [-0.3, -0.25) is 14.2 Å². The smallest absolute Gasteiger partial charge is 0.306 e. The van der Waals surface area contributed by atoms with Crippen LogP contribution in [0.25, 0.3) is 0 Å². The first-order valence-corrected chi connectivity index (χ1v) is 20.7. The molecule has 0 fully saturated rings. The fourth-order valence-corrected chi connectivity index (χ4v) is 5.67. The molecule has 2 atom stereocenters. The van der Waals surface area contributed by atoms with Crippen molar-refractivity contribution in [2.24, 2.45) is 0 Å². The van der Waals surface area contributed by atoms with Gasteiger partial charge in [-0.15, -0.1) is 0 Å². The van der Waals surface area contributed by atoms with Gasteiger partial charge in [0, 0.05) is 22.4 Å². The van der Waals surface area contributed by atoms with E-state index >= 15 is 0 Å². The fraction of sp³-hybridized carbons (Fsp3) is 0.850. The summed E-state index contributed by atoms with van der Waals surface area (Å²) in [5.74, 6) is -1.02. The Morgan fingerprint density at radius 1 is 0.740 bits per heavy atom. The Labute approximate surface area is 317 Å². The molecule has 0 aromatic heterocycles. The largest absolute Gasteiger partial charge is 0.756 e. The SMILES string of the molecule is [2H]C([2H])([2H])C([2H])([2H])C([2H])([2H])CCCCCCCCCCC(=O)OC[C@H](COP(=O)([O-])OCC[N+](C)(C)C)OC(=O)CCCCCCC/C=C\C/C=C\CCCCC. The van der Waals surface area contributed by atoms with Crippen molar-refractivity contribution in [1.82, 2.24) is 0 Å². The van der Waals surface area contributed by atoms with Crippen LogP contribution in [-0.2, 0) is 32.7 Å². The maximum atomic E-state index is 12.6. The van der Waals surface area contributed by atoms with Crippen LogP contribution >= 0.6 is 7.82 Å². The van der Waals surface area contributed by atoms with Crippen molar-refractivity contribution in [3.63, 3.8) is 0 Å². The van der Waals surface area contributed by atoms with E-state index in [1.807, 2.05) is 21.1 Å². The number of unbranched alkanes of at least 4 members (excludes halogenated alkanes) is 15. The molecule has 0 rings (SSSR count). The number of phosphoric ester groups is 1. The summed E-state index contributed by atoms with van der Waals surface area (Å²) in [4.78, 5) is 37.5. The number of esters is 2. The summed E-state index contributed by atoms with van der Waals surface area (Å²) in [5.41, 5.74) is 0. The number of quaternary nitrogens is 1. The molecule has 50 heavy (non-hydrogen) atoms. The van der Waals surface area contributed by atoms with Crippen LogP contribution in [0.1, 0.15) is 177 Å². The molecule has 9 nitrogen and oxygen atoms in total. The first kappa shape index (κ1) is 36.8. The number of nitrogens with zero attached hydrogens (tertiary/aromatic N) is 1. The molecule has 10 heteroatoms. The number of rotatable bonds is 36. The predicted octanol–water partition coefficient (Wildman–Crippen LogP) is 10.2. The average molecular weight is 737 g/mol. The lowest BCUT2D eigenvalue weighted by Gasteiger charge is -2.28. The summed E-state index contributed by atoms with van der Waals surface area (Å²) in [6, 6.07) is 0. The molecule has 0 aliphatic heterocycles. The molecule has 0 saturated carbocycles. The summed E-state index contributed by atoms with van der Waals surface area (Å²) >= 11 is 0. The third kappa shape index (κ3) is 36.3. The van der Waals surface area contributed by atoms with E-state index < -0.39 is 52.1 Å². The highest BCUT2D eigenvalue weighted by molar-refractivity contribution is 7.45. The zero-order valence-electron chi connectivity index (χ0n) is 38.9. The van der Waals surface area contributed by atoms with Crippen molar-refractivity contribution in [3.05, 3.63) is 24.3 Å². The molecule has 0 N–H and O–H groups in total. The van der Waals surface area contributed by atoms with E-state index in [9.17, 15) is 19.0 Å². The highest BCUT2D eigenvalue weighted by Crippen LogP contribution is 2.38. The third-order valence-electron chi connectivity index (χ3n) is 8.01. The van der Waals surface area contributed by atoms with Crippen molar-refractivity contribution in [2.45, 2.75) is 174 Å². The minimum Gasteiger partial charge on any atom is -0.756 e. The Morgan fingerprint density at radius 2 is 1.28 bits per heavy atom. The van der Waals surface area contributed by atoms with Gasteiger partial charge >= 0.3 is 11.9 Å². The number of ether oxygens (including phenoxy) is 2. The van der Waals surface area contributed by atoms with Gasteiger partial charge < -0.3 is 27.9 Å². The molecule has 0 aliphatic carbocycles. The number of hydrogen-bond donors (Lipinski definition) is 0. The van der Waals surface area contributed by atoms with Gasteiger partial charge in [0.15, 0.2) is 6.10 Å². The molecule has 0 radical (unpaired) electrons. The van der Waals surface area contributed by atoms with E-state index in [0.717, 1.165) is 77.0 Å².